The number of hydrogen-bond donors (Lipinski definition) is 1. The molecule has 2 heterocycles. The minimum absolute atomic E-state index is 0.0967. The van der Waals surface area contributed by atoms with Crippen LogP contribution in [-0.4, -0.2) is 52.5 Å². The van der Waals surface area contributed by atoms with Crippen LogP contribution in [0.1, 0.15) is 49.9 Å². The summed E-state index contributed by atoms with van der Waals surface area (Å²) in [6.45, 7) is 3.23. The summed E-state index contributed by atoms with van der Waals surface area (Å²) in [4.78, 5) is 21.6. The van der Waals surface area contributed by atoms with Crippen LogP contribution in [0.25, 0.3) is 0 Å². The van der Waals surface area contributed by atoms with Gasteiger partial charge in [0.15, 0.2) is 0 Å². The number of urea groups is 1. The van der Waals surface area contributed by atoms with Gasteiger partial charge in [0.2, 0.25) is 5.13 Å². The molecule has 29 heavy (non-hydrogen) atoms. The normalized spacial score (nSPS) is 18.5. The van der Waals surface area contributed by atoms with Gasteiger partial charge in [-0.05, 0) is 37.0 Å². The van der Waals surface area contributed by atoms with Gasteiger partial charge in [0.05, 0.1) is 0 Å². The molecule has 2 aromatic rings. The molecule has 0 bridgehead atoms. The molecule has 1 aliphatic heterocycles. The van der Waals surface area contributed by atoms with Gasteiger partial charge in [-0.15, -0.1) is 0 Å². The molecule has 0 spiro atoms. The first-order chi connectivity index (χ1) is 14.2. The molecule has 2 aliphatic rings. The van der Waals surface area contributed by atoms with E-state index in [0.717, 1.165) is 67.0 Å². The number of benzene rings is 1. The third kappa shape index (κ3) is 5.60. The molecule has 6 nitrogen and oxygen atoms in total. The van der Waals surface area contributed by atoms with Gasteiger partial charge >= 0.3 is 6.03 Å². The minimum atomic E-state index is 0.0967. The number of hydrogen-bond acceptors (Lipinski definition) is 5. The maximum atomic E-state index is 12.7. The summed E-state index contributed by atoms with van der Waals surface area (Å²) in [7, 11) is 0. The Morgan fingerprint density at radius 2 is 1.86 bits per heavy atom. The highest BCUT2D eigenvalue weighted by atomic mass is 35.5. The molecule has 8 heteroatoms. The lowest BCUT2D eigenvalue weighted by molar-refractivity contribution is 0.193. The van der Waals surface area contributed by atoms with Crippen molar-refractivity contribution in [2.45, 2.75) is 51.0 Å². The second kappa shape index (κ2) is 9.76. The van der Waals surface area contributed by atoms with E-state index in [-0.39, 0.29) is 6.03 Å². The predicted molar refractivity (Wildman–Crippen MR) is 118 cm³/mol. The SMILES string of the molecule is O=C(NC1CCCCC1)N1CCCN(c2nc(Cc3ccc(Cl)cc3)ns2)CC1. The van der Waals surface area contributed by atoms with Gasteiger partial charge in [-0.2, -0.15) is 4.37 Å². The van der Waals surface area contributed by atoms with Crippen LogP contribution >= 0.6 is 23.1 Å². The maximum absolute atomic E-state index is 12.7. The van der Waals surface area contributed by atoms with Crippen molar-refractivity contribution in [3.8, 4) is 0 Å². The van der Waals surface area contributed by atoms with Crippen LogP contribution in [0.5, 0.6) is 0 Å². The summed E-state index contributed by atoms with van der Waals surface area (Å²) in [6, 6.07) is 8.27. The molecule has 1 aromatic heterocycles. The summed E-state index contributed by atoms with van der Waals surface area (Å²) in [5, 5.41) is 4.93. The topological polar surface area (TPSA) is 61.4 Å². The Labute approximate surface area is 181 Å². The van der Waals surface area contributed by atoms with Crippen LogP contribution in [-0.2, 0) is 6.42 Å². The number of aromatic nitrogens is 2. The van der Waals surface area contributed by atoms with Gasteiger partial charge in [0.25, 0.3) is 0 Å². The van der Waals surface area contributed by atoms with E-state index in [2.05, 4.69) is 14.6 Å². The number of halogens is 1. The molecule has 1 saturated carbocycles. The zero-order valence-electron chi connectivity index (χ0n) is 16.6. The lowest BCUT2D eigenvalue weighted by Crippen LogP contribution is -2.46. The number of anilines is 1. The summed E-state index contributed by atoms with van der Waals surface area (Å²) >= 11 is 7.40. The van der Waals surface area contributed by atoms with Crippen LogP contribution in [0.2, 0.25) is 5.02 Å². The van der Waals surface area contributed by atoms with Gasteiger partial charge in [-0.3, -0.25) is 0 Å². The molecule has 2 fully saturated rings. The van der Waals surface area contributed by atoms with Gasteiger partial charge in [-0.1, -0.05) is 43.0 Å². The summed E-state index contributed by atoms with van der Waals surface area (Å²) in [6.07, 6.45) is 7.65. The van der Waals surface area contributed by atoms with Crippen molar-refractivity contribution in [3.05, 3.63) is 40.7 Å². The van der Waals surface area contributed by atoms with Gasteiger partial charge in [0, 0.05) is 55.2 Å². The van der Waals surface area contributed by atoms with Gasteiger partial charge in [0.1, 0.15) is 5.82 Å². The minimum Gasteiger partial charge on any atom is -0.345 e. The molecule has 2 amide bonds. The third-order valence-corrected chi connectivity index (χ3v) is 6.79. The van der Waals surface area contributed by atoms with E-state index in [1.807, 2.05) is 29.2 Å². The average molecular weight is 434 g/mol. The van der Waals surface area contributed by atoms with Crippen molar-refractivity contribution in [1.82, 2.24) is 19.6 Å². The van der Waals surface area contributed by atoms with Crippen molar-refractivity contribution < 1.29 is 4.79 Å². The first kappa shape index (κ1) is 20.4. The van der Waals surface area contributed by atoms with Gasteiger partial charge in [-0.25, -0.2) is 9.78 Å². The Bertz CT molecular complexity index is 806. The Morgan fingerprint density at radius 1 is 1.07 bits per heavy atom. The molecule has 156 valence electrons. The Hall–Kier alpha value is -1.86. The average Bonchev–Trinajstić information content (AvgIpc) is 3.05. The number of carbonyl (C=O) groups is 1. The van der Waals surface area contributed by atoms with Crippen LogP contribution in [0.4, 0.5) is 9.93 Å². The van der Waals surface area contributed by atoms with Crippen LogP contribution in [0.15, 0.2) is 24.3 Å². The van der Waals surface area contributed by atoms with Crippen molar-refractivity contribution in [1.29, 1.82) is 0 Å². The van der Waals surface area contributed by atoms with Crippen LogP contribution in [0.3, 0.4) is 0 Å². The van der Waals surface area contributed by atoms with E-state index in [1.165, 1.54) is 30.8 Å². The summed E-state index contributed by atoms with van der Waals surface area (Å²) in [5.74, 6) is 0.837. The van der Waals surface area contributed by atoms with E-state index in [1.54, 1.807) is 0 Å². The van der Waals surface area contributed by atoms with E-state index in [9.17, 15) is 4.79 Å². The lowest BCUT2D eigenvalue weighted by Gasteiger charge is -2.27. The fraction of sp³-hybridized carbons (Fsp3) is 0.571. The highest BCUT2D eigenvalue weighted by Gasteiger charge is 2.23. The van der Waals surface area contributed by atoms with E-state index in [4.69, 9.17) is 16.6 Å². The second-order valence-electron chi connectivity index (χ2n) is 7.91. The fourth-order valence-electron chi connectivity index (χ4n) is 4.05. The quantitative estimate of drug-likeness (QED) is 0.779. The molecule has 1 aliphatic carbocycles. The number of nitrogens with one attached hydrogen (secondary N) is 1. The van der Waals surface area contributed by atoms with Crippen molar-refractivity contribution in [3.63, 3.8) is 0 Å². The number of rotatable bonds is 4. The molecule has 1 N–H and O–H groups in total. The molecule has 0 atom stereocenters. The highest BCUT2D eigenvalue weighted by Crippen LogP contribution is 2.22. The van der Waals surface area contributed by atoms with Gasteiger partial charge < -0.3 is 15.1 Å². The smallest absolute Gasteiger partial charge is 0.317 e. The molecule has 1 aromatic carbocycles. The maximum Gasteiger partial charge on any atom is 0.317 e. The Balaban J connectivity index is 1.30. The molecular formula is C21H28ClN5OS. The zero-order chi connectivity index (χ0) is 20.1. The number of nitrogens with zero attached hydrogens (tertiary/aromatic N) is 4. The lowest BCUT2D eigenvalue weighted by atomic mass is 9.96. The highest BCUT2D eigenvalue weighted by molar-refractivity contribution is 7.09. The third-order valence-electron chi connectivity index (χ3n) is 5.72. The largest absolute Gasteiger partial charge is 0.345 e. The molecule has 0 radical (unpaired) electrons. The Morgan fingerprint density at radius 3 is 2.66 bits per heavy atom. The Kier molecular flexibility index (Phi) is 6.87. The molecular weight excluding hydrogens is 406 g/mol. The zero-order valence-corrected chi connectivity index (χ0v) is 18.2. The molecule has 1 saturated heterocycles. The first-order valence-corrected chi connectivity index (χ1v) is 11.7. The first-order valence-electron chi connectivity index (χ1n) is 10.5. The monoisotopic (exact) mass is 433 g/mol. The standard InChI is InChI=1S/C21H28ClN5OS/c22-17-9-7-16(8-10-17)15-19-24-21(29-25-19)27-12-4-11-26(13-14-27)20(28)23-18-5-2-1-3-6-18/h7-10,18H,1-6,11-15H2,(H,23,28). The molecule has 0 unspecified atom stereocenters. The van der Waals surface area contributed by atoms with E-state index in [0.29, 0.717) is 12.5 Å². The number of carbonyl (C=O) groups excluding carboxylic acids is 1. The van der Waals surface area contributed by atoms with Crippen molar-refractivity contribution in [2.24, 2.45) is 0 Å². The second-order valence-corrected chi connectivity index (χ2v) is 9.08. The van der Waals surface area contributed by atoms with Crippen LogP contribution < -0.4 is 10.2 Å². The summed E-state index contributed by atoms with van der Waals surface area (Å²) in [5.41, 5.74) is 1.15. The van der Waals surface area contributed by atoms with E-state index >= 15 is 0 Å². The van der Waals surface area contributed by atoms with E-state index < -0.39 is 0 Å². The summed E-state index contributed by atoms with van der Waals surface area (Å²) < 4.78 is 4.53. The van der Waals surface area contributed by atoms with Crippen LogP contribution in [0, 0.1) is 0 Å². The molecule has 4 rings (SSSR count). The predicted octanol–water partition coefficient (Wildman–Crippen LogP) is 4.34. The van der Waals surface area contributed by atoms with Crippen molar-refractivity contribution >= 4 is 34.3 Å². The number of amides is 2. The van der Waals surface area contributed by atoms with Crippen molar-refractivity contribution in [2.75, 3.05) is 31.1 Å². The fourth-order valence-corrected chi connectivity index (χ4v) is 4.92.